The molecule has 2 N–H and O–H groups in total. The highest BCUT2D eigenvalue weighted by atomic mass is 19.1. The molecule has 206 valence electrons. The highest BCUT2D eigenvalue weighted by Crippen LogP contribution is 2.37. The van der Waals surface area contributed by atoms with Gasteiger partial charge in [0.2, 0.25) is 0 Å². The molecule has 0 aliphatic carbocycles. The third-order valence-electron chi connectivity index (χ3n) is 7.39. The Kier molecular flexibility index (Phi) is 7.49. The third-order valence-corrected chi connectivity index (χ3v) is 7.39. The van der Waals surface area contributed by atoms with E-state index in [0.717, 1.165) is 5.56 Å². The fourth-order valence-electron chi connectivity index (χ4n) is 4.97. The number of nitrogens with zero attached hydrogens (tertiary/aromatic N) is 3. The van der Waals surface area contributed by atoms with E-state index in [4.69, 9.17) is 9.82 Å². The number of aliphatic hydroxyl groups is 1. The van der Waals surface area contributed by atoms with Crippen molar-refractivity contribution in [3.8, 4) is 5.69 Å². The average Bonchev–Trinajstić information content (AvgIpc) is 3.36. The smallest absolute Gasteiger partial charge is 0.306 e. The molecule has 0 fully saturated rings. The number of hydrogen-bond acceptors (Lipinski definition) is 6. The van der Waals surface area contributed by atoms with Crippen molar-refractivity contribution in [3.05, 3.63) is 106 Å². The molecular weight excluding hydrogens is 513 g/mol. The molecule has 8 nitrogen and oxygen atoms in total. The lowest BCUT2D eigenvalue weighted by Gasteiger charge is -2.27. The van der Waals surface area contributed by atoms with Crippen molar-refractivity contribution in [2.24, 2.45) is 11.1 Å². The van der Waals surface area contributed by atoms with Crippen LogP contribution in [0.5, 0.6) is 0 Å². The van der Waals surface area contributed by atoms with Crippen molar-refractivity contribution < 1.29 is 24.2 Å². The zero-order chi connectivity index (χ0) is 28.4. The molecule has 1 aliphatic rings. The lowest BCUT2D eigenvalue weighted by atomic mass is 9.87. The number of aromatic nitrogens is 2. The molecule has 2 heterocycles. The number of carbonyl (C=O) groups is 1. The van der Waals surface area contributed by atoms with Crippen molar-refractivity contribution in [1.29, 1.82) is 0 Å². The largest absolute Gasteiger partial charge is 0.481 e. The maximum Gasteiger partial charge on any atom is 0.306 e. The number of hydrogen-bond donors (Lipinski definition) is 2. The molecule has 1 aromatic heterocycles. The van der Waals surface area contributed by atoms with E-state index < -0.39 is 29.4 Å². The second-order valence-electron chi connectivity index (χ2n) is 10.4. The third kappa shape index (κ3) is 5.37. The Balaban J connectivity index is 1.49. The first-order chi connectivity index (χ1) is 19.2. The first-order valence-electron chi connectivity index (χ1n) is 13.2. The molecule has 0 spiro atoms. The lowest BCUT2D eigenvalue weighted by Crippen LogP contribution is -2.33. The van der Waals surface area contributed by atoms with E-state index in [1.54, 1.807) is 32.0 Å². The first kappa shape index (κ1) is 27.2. The van der Waals surface area contributed by atoms with E-state index in [1.807, 2.05) is 30.3 Å². The zero-order valence-electron chi connectivity index (χ0n) is 22.3. The Bertz CT molecular complexity index is 1640. The second-order valence-corrected chi connectivity index (χ2v) is 10.4. The highest BCUT2D eigenvalue weighted by molar-refractivity contribution is 6.04. The summed E-state index contributed by atoms with van der Waals surface area (Å²) in [5.41, 5.74) is 1.74. The fraction of sp³-hybridized carbons (Fsp3) is 0.290. The molecule has 0 saturated heterocycles. The second kappa shape index (κ2) is 11.0. The minimum absolute atomic E-state index is 0.307. The minimum Gasteiger partial charge on any atom is -0.481 e. The molecule has 40 heavy (non-hydrogen) atoms. The number of carboxylic acids is 1. The summed E-state index contributed by atoms with van der Waals surface area (Å²) in [7, 11) is 0. The van der Waals surface area contributed by atoms with Gasteiger partial charge in [-0.05, 0) is 61.7 Å². The monoisotopic (exact) mass is 543 g/mol. The molecule has 2 unspecified atom stereocenters. The number of benzene rings is 3. The molecule has 0 bridgehead atoms. The van der Waals surface area contributed by atoms with Gasteiger partial charge in [0.25, 0.3) is 5.56 Å². The Morgan fingerprint density at radius 1 is 1.12 bits per heavy atom. The van der Waals surface area contributed by atoms with Gasteiger partial charge in [0.15, 0.2) is 5.60 Å². The zero-order valence-corrected chi connectivity index (χ0v) is 22.3. The number of oxime groups is 1. The minimum atomic E-state index is -0.961. The van der Waals surface area contributed by atoms with Crippen LogP contribution in [0.15, 0.2) is 82.7 Å². The number of aliphatic carboxylic acids is 1. The summed E-state index contributed by atoms with van der Waals surface area (Å²) in [4.78, 5) is 35.5. The van der Waals surface area contributed by atoms with Crippen LogP contribution in [0.2, 0.25) is 0 Å². The summed E-state index contributed by atoms with van der Waals surface area (Å²) in [6.45, 7) is 3.44. The SMILES string of the molecule is CC(CCCc1nc2cc(C3=NOC(C)([C@@H](O)c4ccccc4)C3)ccc2c(=O)n1-c1ccc(F)cc1)C(=O)O. The van der Waals surface area contributed by atoms with E-state index in [2.05, 4.69) is 5.16 Å². The van der Waals surface area contributed by atoms with Crippen molar-refractivity contribution in [1.82, 2.24) is 9.55 Å². The van der Waals surface area contributed by atoms with Gasteiger partial charge in [-0.15, -0.1) is 0 Å². The van der Waals surface area contributed by atoms with Crippen LogP contribution in [0.4, 0.5) is 4.39 Å². The quantitative estimate of drug-likeness (QED) is 0.301. The van der Waals surface area contributed by atoms with Crippen LogP contribution >= 0.6 is 0 Å². The first-order valence-corrected chi connectivity index (χ1v) is 13.2. The summed E-state index contributed by atoms with van der Waals surface area (Å²) in [5, 5.41) is 24.9. The molecular formula is C31H30FN3O5. The molecule has 9 heteroatoms. The number of fused-ring (bicyclic) bond motifs is 1. The van der Waals surface area contributed by atoms with Gasteiger partial charge in [-0.3, -0.25) is 14.2 Å². The Morgan fingerprint density at radius 2 is 1.85 bits per heavy atom. The van der Waals surface area contributed by atoms with Crippen LogP contribution in [0.1, 0.15) is 56.2 Å². The van der Waals surface area contributed by atoms with Crippen molar-refractivity contribution in [2.75, 3.05) is 0 Å². The summed E-state index contributed by atoms with van der Waals surface area (Å²) in [6, 6.07) is 20.1. The van der Waals surface area contributed by atoms with Gasteiger partial charge in [0.1, 0.15) is 17.7 Å². The van der Waals surface area contributed by atoms with Gasteiger partial charge in [0, 0.05) is 18.4 Å². The highest BCUT2D eigenvalue weighted by Gasteiger charge is 2.42. The van der Waals surface area contributed by atoms with Crippen LogP contribution in [-0.2, 0) is 16.1 Å². The van der Waals surface area contributed by atoms with Crippen LogP contribution in [0.25, 0.3) is 16.6 Å². The standard InChI is InChI=1S/C31H30FN3O5/c1-19(30(38)39)7-6-10-27-33-25-17-21(11-16-24(25)29(37)35(27)23-14-12-22(32)13-15-23)26-18-31(2,40-34-26)28(36)20-8-4-3-5-9-20/h3-5,8-9,11-17,19,28,36H,6-7,10,18H2,1-2H3,(H,38,39)/t19?,28-,31?/m0/s1. The molecule has 1 aliphatic heterocycles. The van der Waals surface area contributed by atoms with Crippen molar-refractivity contribution in [3.63, 3.8) is 0 Å². The molecule has 3 aromatic carbocycles. The maximum absolute atomic E-state index is 13.7. The topological polar surface area (TPSA) is 114 Å². The van der Waals surface area contributed by atoms with Crippen LogP contribution < -0.4 is 5.56 Å². The van der Waals surface area contributed by atoms with Crippen LogP contribution in [0.3, 0.4) is 0 Å². The predicted molar refractivity (Wildman–Crippen MR) is 149 cm³/mol. The number of carboxylic acid groups (broad SMARTS) is 1. The summed E-state index contributed by atoms with van der Waals surface area (Å²) in [5.74, 6) is -1.38. The van der Waals surface area contributed by atoms with Crippen LogP contribution in [-0.4, -0.2) is 37.0 Å². The van der Waals surface area contributed by atoms with Crippen molar-refractivity contribution >= 4 is 22.6 Å². The molecule has 0 amide bonds. The van der Waals surface area contributed by atoms with E-state index in [-0.39, 0.29) is 5.56 Å². The fourth-order valence-corrected chi connectivity index (χ4v) is 4.97. The number of halogens is 1. The number of rotatable bonds is 9. The van der Waals surface area contributed by atoms with Gasteiger partial charge in [0.05, 0.1) is 28.2 Å². The molecule has 4 aromatic rings. The Hall–Kier alpha value is -4.37. The van der Waals surface area contributed by atoms with Crippen LogP contribution in [0, 0.1) is 11.7 Å². The van der Waals surface area contributed by atoms with E-state index in [0.29, 0.717) is 59.4 Å². The lowest BCUT2D eigenvalue weighted by molar-refractivity contribution is -0.141. The maximum atomic E-state index is 13.7. The van der Waals surface area contributed by atoms with Gasteiger partial charge >= 0.3 is 5.97 Å². The van der Waals surface area contributed by atoms with Crippen molar-refractivity contribution in [2.45, 2.75) is 51.2 Å². The van der Waals surface area contributed by atoms with Gasteiger partial charge in [-0.2, -0.15) is 0 Å². The normalized spacial score (nSPS) is 18.2. The summed E-state index contributed by atoms with van der Waals surface area (Å²) in [6.07, 6.45) is 0.735. The molecule has 0 radical (unpaired) electrons. The molecule has 0 saturated carbocycles. The predicted octanol–water partition coefficient (Wildman–Crippen LogP) is 5.18. The Morgan fingerprint density at radius 3 is 2.55 bits per heavy atom. The van der Waals surface area contributed by atoms with Gasteiger partial charge in [-0.25, -0.2) is 9.37 Å². The summed E-state index contributed by atoms with van der Waals surface area (Å²) >= 11 is 0. The number of aryl methyl sites for hydroxylation is 1. The number of aliphatic hydroxyl groups excluding tert-OH is 1. The Labute approximate surface area is 230 Å². The molecule has 3 atom stereocenters. The van der Waals surface area contributed by atoms with E-state index in [9.17, 15) is 24.2 Å². The van der Waals surface area contributed by atoms with E-state index in [1.165, 1.54) is 28.8 Å². The summed E-state index contributed by atoms with van der Waals surface area (Å²) < 4.78 is 15.1. The average molecular weight is 544 g/mol. The van der Waals surface area contributed by atoms with Gasteiger partial charge < -0.3 is 15.1 Å². The van der Waals surface area contributed by atoms with Gasteiger partial charge in [-0.1, -0.05) is 48.5 Å². The van der Waals surface area contributed by atoms with E-state index >= 15 is 0 Å². The molecule has 5 rings (SSSR count).